The quantitative estimate of drug-likeness (QED) is 0.601. The third-order valence-electron chi connectivity index (χ3n) is 4.16. The molecule has 2 aromatic rings. The highest BCUT2D eigenvalue weighted by molar-refractivity contribution is 14.1. The van der Waals surface area contributed by atoms with Crippen LogP contribution < -0.4 is 0 Å². The van der Waals surface area contributed by atoms with Crippen LogP contribution in [0.5, 0.6) is 0 Å². The fourth-order valence-electron chi connectivity index (χ4n) is 3.15. The van der Waals surface area contributed by atoms with E-state index >= 15 is 0 Å². The van der Waals surface area contributed by atoms with Gasteiger partial charge in [-0.15, -0.1) is 0 Å². The van der Waals surface area contributed by atoms with Crippen molar-refractivity contribution < 1.29 is 4.39 Å². The van der Waals surface area contributed by atoms with Gasteiger partial charge in [-0.25, -0.2) is 4.39 Å². The molecule has 98 valence electrons. The van der Waals surface area contributed by atoms with Crippen LogP contribution in [-0.2, 0) is 11.8 Å². The first-order valence-corrected chi connectivity index (χ1v) is 7.66. The van der Waals surface area contributed by atoms with Crippen LogP contribution in [-0.4, -0.2) is 0 Å². The maximum atomic E-state index is 13.6. The summed E-state index contributed by atoms with van der Waals surface area (Å²) in [4.78, 5) is 0. The van der Waals surface area contributed by atoms with Gasteiger partial charge in [-0.2, -0.15) is 0 Å². The average molecular weight is 366 g/mol. The SMILES string of the molecule is CCc1cc(I)cc2c1-c1ccc(F)cc1C2(C)C. The van der Waals surface area contributed by atoms with Gasteiger partial charge in [0.05, 0.1) is 0 Å². The Morgan fingerprint density at radius 3 is 2.53 bits per heavy atom. The molecule has 0 atom stereocenters. The molecule has 0 radical (unpaired) electrons. The Morgan fingerprint density at radius 2 is 1.84 bits per heavy atom. The van der Waals surface area contributed by atoms with E-state index in [1.54, 1.807) is 12.1 Å². The Hall–Kier alpha value is -0.900. The fourth-order valence-corrected chi connectivity index (χ4v) is 3.84. The molecular formula is C17H16FI. The minimum absolute atomic E-state index is 0.113. The molecule has 0 heterocycles. The van der Waals surface area contributed by atoms with E-state index in [0.29, 0.717) is 0 Å². The molecule has 0 nitrogen and oxygen atoms in total. The molecule has 0 spiro atoms. The van der Waals surface area contributed by atoms with E-state index in [9.17, 15) is 4.39 Å². The molecule has 0 saturated carbocycles. The standard InChI is InChI=1S/C17H16FI/c1-4-10-7-12(19)9-15-16(10)13-6-5-11(18)8-14(13)17(15,2)3/h5-9H,4H2,1-3H3. The Kier molecular flexibility index (Phi) is 2.97. The number of hydrogen-bond acceptors (Lipinski definition) is 0. The number of halogens is 2. The number of fused-ring (bicyclic) bond motifs is 3. The first-order chi connectivity index (χ1) is 8.95. The molecule has 0 N–H and O–H groups in total. The highest BCUT2D eigenvalue weighted by atomic mass is 127. The van der Waals surface area contributed by atoms with Crippen molar-refractivity contribution in [1.29, 1.82) is 0 Å². The van der Waals surface area contributed by atoms with Crippen LogP contribution >= 0.6 is 22.6 Å². The summed E-state index contributed by atoms with van der Waals surface area (Å²) in [5, 5.41) is 0. The molecule has 0 aromatic heterocycles. The largest absolute Gasteiger partial charge is 0.207 e. The molecule has 2 heteroatoms. The van der Waals surface area contributed by atoms with Gasteiger partial charge in [0, 0.05) is 8.99 Å². The molecule has 0 fully saturated rings. The van der Waals surface area contributed by atoms with E-state index in [-0.39, 0.29) is 11.2 Å². The van der Waals surface area contributed by atoms with Crippen molar-refractivity contribution in [3.63, 3.8) is 0 Å². The molecule has 3 rings (SSSR count). The van der Waals surface area contributed by atoms with Crippen LogP contribution in [0.4, 0.5) is 4.39 Å². The lowest BCUT2D eigenvalue weighted by Gasteiger charge is -2.22. The Morgan fingerprint density at radius 1 is 1.11 bits per heavy atom. The van der Waals surface area contributed by atoms with Crippen molar-refractivity contribution in [2.45, 2.75) is 32.6 Å². The van der Waals surface area contributed by atoms with Gasteiger partial charge in [0.25, 0.3) is 0 Å². The zero-order chi connectivity index (χ0) is 13.8. The molecule has 0 unspecified atom stereocenters. The summed E-state index contributed by atoms with van der Waals surface area (Å²) in [6, 6.07) is 9.69. The second-order valence-electron chi connectivity index (χ2n) is 5.66. The van der Waals surface area contributed by atoms with E-state index < -0.39 is 0 Å². The van der Waals surface area contributed by atoms with E-state index in [1.165, 1.54) is 25.8 Å². The van der Waals surface area contributed by atoms with Crippen LogP contribution in [0.2, 0.25) is 0 Å². The Balaban J connectivity index is 2.41. The van der Waals surface area contributed by atoms with Crippen molar-refractivity contribution in [2.75, 3.05) is 0 Å². The lowest BCUT2D eigenvalue weighted by atomic mass is 9.82. The topological polar surface area (TPSA) is 0 Å². The summed E-state index contributed by atoms with van der Waals surface area (Å²) >= 11 is 2.37. The molecule has 0 saturated heterocycles. The van der Waals surface area contributed by atoms with Gasteiger partial charge in [-0.1, -0.05) is 26.8 Å². The number of aryl methyl sites for hydroxylation is 1. The van der Waals surface area contributed by atoms with Crippen molar-refractivity contribution >= 4 is 22.6 Å². The third-order valence-corrected chi connectivity index (χ3v) is 4.79. The summed E-state index contributed by atoms with van der Waals surface area (Å²) < 4.78 is 14.8. The summed E-state index contributed by atoms with van der Waals surface area (Å²) in [5.74, 6) is -0.146. The van der Waals surface area contributed by atoms with Crippen LogP contribution in [0, 0.1) is 9.39 Å². The van der Waals surface area contributed by atoms with E-state index in [2.05, 4.69) is 55.5 Å². The highest BCUT2D eigenvalue weighted by Crippen LogP contribution is 2.50. The van der Waals surface area contributed by atoms with Crippen LogP contribution in [0.3, 0.4) is 0 Å². The monoisotopic (exact) mass is 366 g/mol. The Bertz CT molecular complexity index is 671. The number of benzene rings is 2. The average Bonchev–Trinajstić information content (AvgIpc) is 2.58. The summed E-state index contributed by atoms with van der Waals surface area (Å²) in [6.07, 6.45) is 1.01. The molecule has 0 aliphatic heterocycles. The number of hydrogen-bond donors (Lipinski definition) is 0. The molecule has 0 amide bonds. The van der Waals surface area contributed by atoms with Gasteiger partial charge in [0.15, 0.2) is 0 Å². The minimum atomic E-state index is -0.146. The molecule has 0 bridgehead atoms. The van der Waals surface area contributed by atoms with Crippen molar-refractivity contribution in [2.24, 2.45) is 0 Å². The zero-order valence-electron chi connectivity index (χ0n) is 11.3. The smallest absolute Gasteiger partial charge is 0.123 e. The van der Waals surface area contributed by atoms with Crippen molar-refractivity contribution in [3.05, 3.63) is 56.4 Å². The summed E-state index contributed by atoms with van der Waals surface area (Å²) in [5.41, 5.74) is 6.21. The van der Waals surface area contributed by atoms with Crippen LogP contribution in [0.25, 0.3) is 11.1 Å². The molecule has 2 aromatic carbocycles. The maximum absolute atomic E-state index is 13.6. The summed E-state index contributed by atoms with van der Waals surface area (Å²) in [7, 11) is 0. The second kappa shape index (κ2) is 4.30. The maximum Gasteiger partial charge on any atom is 0.123 e. The van der Waals surface area contributed by atoms with E-state index in [1.807, 2.05) is 6.07 Å². The van der Waals surface area contributed by atoms with E-state index in [4.69, 9.17) is 0 Å². The second-order valence-corrected chi connectivity index (χ2v) is 6.90. The van der Waals surface area contributed by atoms with Gasteiger partial charge >= 0.3 is 0 Å². The number of rotatable bonds is 1. The molecule has 1 aliphatic rings. The van der Waals surface area contributed by atoms with Gasteiger partial charge in [0.1, 0.15) is 5.82 Å². The van der Waals surface area contributed by atoms with Gasteiger partial charge < -0.3 is 0 Å². The fraction of sp³-hybridized carbons (Fsp3) is 0.294. The Labute approximate surface area is 127 Å². The van der Waals surface area contributed by atoms with E-state index in [0.717, 1.165) is 12.0 Å². The zero-order valence-corrected chi connectivity index (χ0v) is 13.5. The van der Waals surface area contributed by atoms with Crippen molar-refractivity contribution in [1.82, 2.24) is 0 Å². The molecule has 1 aliphatic carbocycles. The normalized spacial score (nSPS) is 15.2. The summed E-state index contributed by atoms with van der Waals surface area (Å²) in [6.45, 7) is 6.56. The molecular weight excluding hydrogens is 350 g/mol. The van der Waals surface area contributed by atoms with Gasteiger partial charge in [-0.3, -0.25) is 0 Å². The van der Waals surface area contributed by atoms with Crippen LogP contribution in [0.1, 0.15) is 37.5 Å². The van der Waals surface area contributed by atoms with Crippen molar-refractivity contribution in [3.8, 4) is 11.1 Å². The van der Waals surface area contributed by atoms with Gasteiger partial charge in [0.2, 0.25) is 0 Å². The molecule has 19 heavy (non-hydrogen) atoms. The van der Waals surface area contributed by atoms with Crippen LogP contribution in [0.15, 0.2) is 30.3 Å². The minimum Gasteiger partial charge on any atom is -0.207 e. The predicted molar refractivity (Wildman–Crippen MR) is 86.1 cm³/mol. The third kappa shape index (κ3) is 1.83. The lowest BCUT2D eigenvalue weighted by Crippen LogP contribution is -2.15. The highest BCUT2D eigenvalue weighted by Gasteiger charge is 2.37. The lowest BCUT2D eigenvalue weighted by molar-refractivity contribution is 0.609. The predicted octanol–water partition coefficient (Wildman–Crippen LogP) is 5.30. The first-order valence-electron chi connectivity index (χ1n) is 6.58. The first kappa shape index (κ1) is 13.1. The van der Waals surface area contributed by atoms with Gasteiger partial charge in [-0.05, 0) is 81.1 Å².